The molecule has 0 spiro atoms. The fraction of sp³-hybridized carbons (Fsp3) is 0.208. The van der Waals surface area contributed by atoms with Crippen LogP contribution in [0.4, 0.5) is 11.4 Å². The van der Waals surface area contributed by atoms with E-state index in [1.165, 1.54) is 4.90 Å². The smallest absolute Gasteiger partial charge is 0.270 e. The number of benzene rings is 2. The number of halogens is 2. The van der Waals surface area contributed by atoms with Crippen LogP contribution in [0.2, 0.25) is 10.0 Å². The Hall–Kier alpha value is -3.29. The molecule has 0 saturated carbocycles. The molecule has 9 heteroatoms. The molecule has 2 heterocycles. The van der Waals surface area contributed by atoms with Gasteiger partial charge in [0, 0.05) is 35.6 Å². The summed E-state index contributed by atoms with van der Waals surface area (Å²) in [5.74, 6) is -1.26. The second kappa shape index (κ2) is 9.29. The molecular formula is C24H22Cl2N4O3. The summed E-state index contributed by atoms with van der Waals surface area (Å²) in [5.41, 5.74) is 6.17. The normalized spacial score (nSPS) is 15.6. The van der Waals surface area contributed by atoms with Gasteiger partial charge in [0.15, 0.2) is 0 Å². The molecule has 1 fully saturated rings. The molecule has 0 radical (unpaired) electrons. The average Bonchev–Trinajstić information content (AvgIpc) is 3.33. The standard InChI is InChI=1S/C24H22Cl2N4O3/c1-14-6-7-15(2)30(14)28-24(33)16-8-10-18(11-9-16)27-23(32)17-12-21(31)29(13-17)20-5-3-4-19(25)22(20)26/h3-11,17H,12-13H2,1-2H3,(H,27,32)(H,28,33)/t17-/m0/s1. The molecule has 3 amide bonds. The topological polar surface area (TPSA) is 83.4 Å². The second-order valence-corrected chi connectivity index (χ2v) is 8.72. The summed E-state index contributed by atoms with van der Waals surface area (Å²) >= 11 is 12.3. The first-order valence-corrected chi connectivity index (χ1v) is 11.1. The number of carbonyl (C=O) groups is 3. The molecule has 2 aromatic carbocycles. The minimum Gasteiger partial charge on any atom is -0.326 e. The van der Waals surface area contributed by atoms with Crippen LogP contribution >= 0.6 is 23.2 Å². The SMILES string of the molecule is Cc1ccc(C)n1NC(=O)c1ccc(NC(=O)[C@H]2CC(=O)N(c3cccc(Cl)c3Cl)C2)cc1. The van der Waals surface area contributed by atoms with Gasteiger partial charge in [-0.1, -0.05) is 29.3 Å². The zero-order valence-electron chi connectivity index (χ0n) is 18.1. The Kier molecular flexibility index (Phi) is 6.44. The van der Waals surface area contributed by atoms with Crippen molar-refractivity contribution in [2.75, 3.05) is 22.2 Å². The fourth-order valence-corrected chi connectivity index (χ4v) is 4.17. The quantitative estimate of drug-likeness (QED) is 0.546. The highest BCUT2D eigenvalue weighted by molar-refractivity contribution is 6.44. The predicted octanol–water partition coefficient (Wildman–Crippen LogP) is 4.79. The average molecular weight is 485 g/mol. The fourth-order valence-electron chi connectivity index (χ4n) is 3.78. The van der Waals surface area contributed by atoms with Crippen LogP contribution in [-0.4, -0.2) is 28.9 Å². The van der Waals surface area contributed by atoms with Crippen LogP contribution in [0, 0.1) is 19.8 Å². The van der Waals surface area contributed by atoms with Crippen LogP contribution in [0.15, 0.2) is 54.6 Å². The van der Waals surface area contributed by atoms with Crippen molar-refractivity contribution in [3.8, 4) is 0 Å². The summed E-state index contributed by atoms with van der Waals surface area (Å²) in [4.78, 5) is 39.3. The van der Waals surface area contributed by atoms with Crippen LogP contribution in [0.1, 0.15) is 28.2 Å². The van der Waals surface area contributed by atoms with Crippen LogP contribution < -0.4 is 15.6 Å². The molecule has 1 aromatic heterocycles. The van der Waals surface area contributed by atoms with E-state index in [-0.39, 0.29) is 35.7 Å². The van der Waals surface area contributed by atoms with E-state index in [4.69, 9.17) is 23.2 Å². The lowest BCUT2D eigenvalue weighted by molar-refractivity contribution is -0.122. The van der Waals surface area contributed by atoms with Gasteiger partial charge in [-0.15, -0.1) is 0 Å². The number of aryl methyl sites for hydroxylation is 2. The van der Waals surface area contributed by atoms with Crippen LogP contribution in [-0.2, 0) is 9.59 Å². The van der Waals surface area contributed by atoms with Gasteiger partial charge in [0.2, 0.25) is 11.8 Å². The summed E-state index contributed by atoms with van der Waals surface area (Å²) in [6.45, 7) is 4.02. The molecule has 0 aliphatic carbocycles. The lowest BCUT2D eigenvalue weighted by Crippen LogP contribution is -2.28. The van der Waals surface area contributed by atoms with Crippen LogP contribution in [0.5, 0.6) is 0 Å². The maximum absolute atomic E-state index is 12.8. The molecule has 3 aromatic rings. The third-order valence-corrected chi connectivity index (χ3v) is 6.43. The summed E-state index contributed by atoms with van der Waals surface area (Å²) in [5, 5.41) is 3.45. The minimum absolute atomic E-state index is 0.0741. The van der Waals surface area contributed by atoms with Gasteiger partial charge in [-0.25, -0.2) is 0 Å². The highest BCUT2D eigenvalue weighted by atomic mass is 35.5. The third kappa shape index (κ3) is 4.74. The summed E-state index contributed by atoms with van der Waals surface area (Å²) in [7, 11) is 0. The van der Waals surface area contributed by atoms with Gasteiger partial charge in [-0.05, 0) is 62.4 Å². The summed E-state index contributed by atoms with van der Waals surface area (Å²) in [6.07, 6.45) is 0.0741. The van der Waals surface area contributed by atoms with Crippen molar-refractivity contribution in [1.29, 1.82) is 0 Å². The zero-order chi connectivity index (χ0) is 23.7. The maximum Gasteiger partial charge on any atom is 0.270 e. The van der Waals surface area contributed by atoms with Crippen LogP contribution in [0.25, 0.3) is 0 Å². The number of nitrogens with zero attached hydrogens (tertiary/aromatic N) is 2. The number of amides is 3. The molecule has 0 unspecified atom stereocenters. The monoisotopic (exact) mass is 484 g/mol. The van der Waals surface area contributed by atoms with Gasteiger partial charge in [0.1, 0.15) is 0 Å². The van der Waals surface area contributed by atoms with E-state index in [2.05, 4.69) is 10.7 Å². The number of aromatic nitrogens is 1. The molecule has 2 N–H and O–H groups in total. The number of rotatable bonds is 5. The first-order chi connectivity index (χ1) is 15.7. The Morgan fingerprint density at radius 2 is 1.64 bits per heavy atom. The van der Waals surface area contributed by atoms with Crippen molar-refractivity contribution in [1.82, 2.24) is 4.68 Å². The van der Waals surface area contributed by atoms with Crippen molar-refractivity contribution in [2.24, 2.45) is 5.92 Å². The van der Waals surface area contributed by atoms with Gasteiger partial charge >= 0.3 is 0 Å². The number of hydrogen-bond donors (Lipinski definition) is 2. The number of hydrogen-bond acceptors (Lipinski definition) is 3. The van der Waals surface area contributed by atoms with Gasteiger partial charge in [-0.3, -0.25) is 24.5 Å². The predicted molar refractivity (Wildman–Crippen MR) is 130 cm³/mol. The molecule has 4 rings (SSSR count). The molecular weight excluding hydrogens is 463 g/mol. The maximum atomic E-state index is 12.8. The highest BCUT2D eigenvalue weighted by Crippen LogP contribution is 2.35. The second-order valence-electron chi connectivity index (χ2n) is 7.94. The first kappa shape index (κ1) is 22.9. The van der Waals surface area contributed by atoms with Crippen LogP contribution in [0.3, 0.4) is 0 Å². The lowest BCUT2D eigenvalue weighted by Gasteiger charge is -2.18. The van der Waals surface area contributed by atoms with Crippen molar-refractivity contribution >= 4 is 52.3 Å². The van der Waals surface area contributed by atoms with E-state index in [9.17, 15) is 14.4 Å². The third-order valence-electron chi connectivity index (χ3n) is 5.62. The molecule has 1 atom stereocenters. The molecule has 170 valence electrons. The molecule has 0 bridgehead atoms. The van der Waals surface area contributed by atoms with E-state index in [0.717, 1.165) is 11.4 Å². The largest absolute Gasteiger partial charge is 0.326 e. The highest BCUT2D eigenvalue weighted by Gasteiger charge is 2.36. The molecule has 1 aliphatic heterocycles. The minimum atomic E-state index is -0.532. The molecule has 1 saturated heterocycles. The lowest BCUT2D eigenvalue weighted by atomic mass is 10.1. The molecule has 33 heavy (non-hydrogen) atoms. The van der Waals surface area contributed by atoms with E-state index < -0.39 is 5.92 Å². The van der Waals surface area contributed by atoms with Gasteiger partial charge in [0.25, 0.3) is 5.91 Å². The van der Waals surface area contributed by atoms with Crippen molar-refractivity contribution < 1.29 is 14.4 Å². The Balaban J connectivity index is 1.39. The van der Waals surface area contributed by atoms with Crippen molar-refractivity contribution in [3.63, 3.8) is 0 Å². The number of anilines is 2. The Morgan fingerprint density at radius 1 is 0.970 bits per heavy atom. The Morgan fingerprint density at radius 3 is 2.30 bits per heavy atom. The number of nitrogens with one attached hydrogen (secondary N) is 2. The molecule has 1 aliphatic rings. The van der Waals surface area contributed by atoms with Crippen molar-refractivity contribution in [3.05, 3.63) is 81.6 Å². The summed E-state index contributed by atoms with van der Waals surface area (Å²) in [6, 6.07) is 15.5. The van der Waals surface area contributed by atoms with E-state index in [1.807, 2.05) is 26.0 Å². The van der Waals surface area contributed by atoms with Crippen molar-refractivity contribution in [2.45, 2.75) is 20.3 Å². The van der Waals surface area contributed by atoms with Gasteiger partial charge < -0.3 is 10.2 Å². The Labute approximate surface area is 201 Å². The zero-order valence-corrected chi connectivity index (χ0v) is 19.6. The Bertz CT molecular complexity index is 1220. The van der Waals surface area contributed by atoms with E-state index >= 15 is 0 Å². The molecule has 7 nitrogen and oxygen atoms in total. The van der Waals surface area contributed by atoms with E-state index in [0.29, 0.717) is 22.0 Å². The van der Waals surface area contributed by atoms with E-state index in [1.54, 1.807) is 47.1 Å². The number of carbonyl (C=O) groups excluding carboxylic acids is 3. The summed E-state index contributed by atoms with van der Waals surface area (Å²) < 4.78 is 1.72. The van der Waals surface area contributed by atoms with Gasteiger partial charge in [-0.2, -0.15) is 0 Å². The first-order valence-electron chi connectivity index (χ1n) is 10.4. The van der Waals surface area contributed by atoms with Gasteiger partial charge in [0.05, 0.1) is 21.7 Å².